The van der Waals surface area contributed by atoms with Crippen molar-refractivity contribution >= 4 is 11.3 Å². The van der Waals surface area contributed by atoms with Gasteiger partial charge in [-0.2, -0.15) is 5.21 Å². The third-order valence-electron chi connectivity index (χ3n) is 3.81. The topological polar surface area (TPSA) is 77.9 Å². The minimum absolute atomic E-state index is 0.425. The van der Waals surface area contributed by atoms with Crippen molar-refractivity contribution in [3.05, 3.63) is 28.2 Å². The lowest BCUT2D eigenvalue weighted by molar-refractivity contribution is 0.0960. The maximum Gasteiger partial charge on any atom is 0.177 e. The van der Waals surface area contributed by atoms with Crippen LogP contribution in [0.2, 0.25) is 0 Å². The highest BCUT2D eigenvalue weighted by molar-refractivity contribution is 7.10. The Morgan fingerprint density at radius 1 is 1.45 bits per heavy atom. The molecule has 1 aliphatic heterocycles. The Hall–Kier alpha value is -1.31. The number of nitrogens with one attached hydrogen (secondary N) is 1. The molecule has 0 amide bonds. The van der Waals surface area contributed by atoms with Crippen LogP contribution in [0.1, 0.15) is 29.5 Å². The summed E-state index contributed by atoms with van der Waals surface area (Å²) in [5.74, 6) is 1.27. The number of H-pyrrole nitrogens is 1. The fraction of sp³-hybridized carbons (Fsp3) is 0.615. The average Bonchev–Trinajstić information content (AvgIpc) is 3.12. The molecule has 0 radical (unpaired) electrons. The summed E-state index contributed by atoms with van der Waals surface area (Å²) in [5.41, 5.74) is 0. The van der Waals surface area contributed by atoms with E-state index >= 15 is 0 Å². The molecule has 0 spiro atoms. The Balaban J connectivity index is 1.44. The SMILES string of the molecule is O[C@H](Cc1nn[nH]n1)CN1CCC(c2cccs2)CC1. The van der Waals surface area contributed by atoms with Crippen LogP contribution in [0.5, 0.6) is 0 Å². The van der Waals surface area contributed by atoms with Crippen LogP contribution in [0.15, 0.2) is 17.5 Å². The molecule has 0 aromatic carbocycles. The molecule has 2 aromatic heterocycles. The van der Waals surface area contributed by atoms with E-state index in [0.29, 0.717) is 24.7 Å². The monoisotopic (exact) mass is 293 g/mol. The number of hydrogen-bond donors (Lipinski definition) is 2. The second-order valence-corrected chi connectivity index (χ2v) is 6.26. The average molecular weight is 293 g/mol. The van der Waals surface area contributed by atoms with Gasteiger partial charge >= 0.3 is 0 Å². The summed E-state index contributed by atoms with van der Waals surface area (Å²) < 4.78 is 0. The maximum atomic E-state index is 10.1. The van der Waals surface area contributed by atoms with Crippen LogP contribution in [0.25, 0.3) is 0 Å². The van der Waals surface area contributed by atoms with Crippen molar-refractivity contribution < 1.29 is 5.11 Å². The number of rotatable bonds is 5. The number of aromatic nitrogens is 4. The quantitative estimate of drug-likeness (QED) is 0.861. The van der Waals surface area contributed by atoms with E-state index in [0.717, 1.165) is 13.1 Å². The molecule has 2 N–H and O–H groups in total. The van der Waals surface area contributed by atoms with Gasteiger partial charge in [0.1, 0.15) is 0 Å². The van der Waals surface area contributed by atoms with Gasteiger partial charge in [0.2, 0.25) is 0 Å². The molecule has 108 valence electrons. The smallest absolute Gasteiger partial charge is 0.177 e. The summed E-state index contributed by atoms with van der Waals surface area (Å²) in [6.45, 7) is 2.78. The zero-order valence-electron chi connectivity index (χ0n) is 11.3. The number of thiophene rings is 1. The van der Waals surface area contributed by atoms with E-state index in [1.165, 1.54) is 17.7 Å². The van der Waals surface area contributed by atoms with Crippen molar-refractivity contribution in [1.29, 1.82) is 0 Å². The first kappa shape index (κ1) is 13.7. The van der Waals surface area contributed by atoms with Crippen molar-refractivity contribution in [3.63, 3.8) is 0 Å². The van der Waals surface area contributed by atoms with E-state index in [4.69, 9.17) is 0 Å². The zero-order valence-corrected chi connectivity index (χ0v) is 12.1. The molecule has 1 atom stereocenters. The Bertz CT molecular complexity index is 493. The molecule has 2 aromatic rings. The lowest BCUT2D eigenvalue weighted by Crippen LogP contribution is -2.39. The normalized spacial score (nSPS) is 19.2. The fourth-order valence-electron chi connectivity index (χ4n) is 2.77. The highest BCUT2D eigenvalue weighted by Gasteiger charge is 2.23. The molecule has 0 unspecified atom stereocenters. The number of β-amino-alcohol motifs (C(OH)–C–C–N with tert-alkyl or cyclic N) is 1. The predicted molar refractivity (Wildman–Crippen MR) is 76.6 cm³/mol. The minimum Gasteiger partial charge on any atom is -0.391 e. The van der Waals surface area contributed by atoms with E-state index in [1.807, 2.05) is 11.3 Å². The van der Waals surface area contributed by atoms with Crippen LogP contribution in [-0.4, -0.2) is 56.4 Å². The van der Waals surface area contributed by atoms with Gasteiger partial charge in [-0.3, -0.25) is 0 Å². The summed E-state index contributed by atoms with van der Waals surface area (Å²) in [6, 6.07) is 4.36. The Labute approximate surface area is 121 Å². The second kappa shape index (κ2) is 6.43. The molecule has 1 aliphatic rings. The molecule has 0 bridgehead atoms. The van der Waals surface area contributed by atoms with Gasteiger partial charge in [-0.1, -0.05) is 11.3 Å². The minimum atomic E-state index is -0.425. The van der Waals surface area contributed by atoms with Crippen LogP contribution < -0.4 is 0 Å². The molecule has 7 heteroatoms. The first-order chi connectivity index (χ1) is 9.81. The third kappa shape index (κ3) is 3.41. The Kier molecular flexibility index (Phi) is 4.39. The maximum absolute atomic E-state index is 10.1. The number of hydrogen-bond acceptors (Lipinski definition) is 6. The van der Waals surface area contributed by atoms with E-state index in [-0.39, 0.29) is 0 Å². The van der Waals surface area contributed by atoms with Gasteiger partial charge < -0.3 is 10.0 Å². The van der Waals surface area contributed by atoms with E-state index in [2.05, 4.69) is 43.0 Å². The van der Waals surface area contributed by atoms with Crippen LogP contribution in [0, 0.1) is 0 Å². The van der Waals surface area contributed by atoms with Crippen molar-refractivity contribution in [1.82, 2.24) is 25.5 Å². The number of piperidine rings is 1. The van der Waals surface area contributed by atoms with Crippen molar-refractivity contribution in [2.75, 3.05) is 19.6 Å². The van der Waals surface area contributed by atoms with Gasteiger partial charge in [-0.05, 0) is 43.3 Å². The largest absolute Gasteiger partial charge is 0.391 e. The summed E-state index contributed by atoms with van der Waals surface area (Å²) in [4.78, 5) is 3.83. The molecule has 0 aliphatic carbocycles. The standard InChI is InChI=1S/C13H19N5OS/c19-11(8-13-14-16-17-15-13)9-18-5-3-10(4-6-18)12-2-1-7-20-12/h1-2,7,10-11,19H,3-6,8-9H2,(H,14,15,16,17)/t11-/m1/s1. The summed E-state index contributed by atoms with van der Waals surface area (Å²) in [6.07, 6.45) is 2.39. The summed E-state index contributed by atoms with van der Waals surface area (Å²) in [5, 5.41) is 25.9. The van der Waals surface area contributed by atoms with Gasteiger partial charge in [0.15, 0.2) is 5.82 Å². The number of nitrogens with zero attached hydrogens (tertiary/aromatic N) is 4. The number of likely N-dealkylation sites (tertiary alicyclic amines) is 1. The second-order valence-electron chi connectivity index (χ2n) is 5.28. The van der Waals surface area contributed by atoms with Gasteiger partial charge in [0, 0.05) is 17.8 Å². The Morgan fingerprint density at radius 3 is 2.95 bits per heavy atom. The molecule has 3 heterocycles. The highest BCUT2D eigenvalue weighted by atomic mass is 32.1. The van der Waals surface area contributed by atoms with Gasteiger partial charge in [-0.15, -0.1) is 21.5 Å². The molecular weight excluding hydrogens is 274 g/mol. The number of aliphatic hydroxyl groups excluding tert-OH is 1. The van der Waals surface area contributed by atoms with Crippen LogP contribution >= 0.6 is 11.3 Å². The van der Waals surface area contributed by atoms with Gasteiger partial charge in [0.25, 0.3) is 0 Å². The van der Waals surface area contributed by atoms with E-state index < -0.39 is 6.10 Å². The molecular formula is C13H19N5OS. The van der Waals surface area contributed by atoms with Gasteiger partial charge in [0.05, 0.1) is 6.10 Å². The molecule has 1 saturated heterocycles. The lowest BCUT2D eigenvalue weighted by atomic mass is 9.95. The molecule has 6 nitrogen and oxygen atoms in total. The molecule has 1 fully saturated rings. The zero-order chi connectivity index (χ0) is 13.8. The summed E-state index contributed by atoms with van der Waals surface area (Å²) >= 11 is 1.85. The summed E-state index contributed by atoms with van der Waals surface area (Å²) in [7, 11) is 0. The number of aromatic amines is 1. The van der Waals surface area contributed by atoms with Crippen LogP contribution in [0.4, 0.5) is 0 Å². The van der Waals surface area contributed by atoms with E-state index in [9.17, 15) is 5.11 Å². The van der Waals surface area contributed by atoms with Crippen molar-refractivity contribution in [3.8, 4) is 0 Å². The Morgan fingerprint density at radius 2 is 2.30 bits per heavy atom. The lowest BCUT2D eigenvalue weighted by Gasteiger charge is -2.32. The molecule has 20 heavy (non-hydrogen) atoms. The third-order valence-corrected chi connectivity index (χ3v) is 4.84. The predicted octanol–water partition coefficient (Wildman–Crippen LogP) is 1.04. The number of aliphatic hydroxyl groups is 1. The van der Waals surface area contributed by atoms with Gasteiger partial charge in [-0.25, -0.2) is 0 Å². The van der Waals surface area contributed by atoms with Crippen LogP contribution in [0.3, 0.4) is 0 Å². The highest BCUT2D eigenvalue weighted by Crippen LogP contribution is 2.30. The van der Waals surface area contributed by atoms with Crippen LogP contribution in [-0.2, 0) is 6.42 Å². The fourth-order valence-corrected chi connectivity index (χ4v) is 3.67. The first-order valence-electron chi connectivity index (χ1n) is 6.97. The van der Waals surface area contributed by atoms with E-state index in [1.54, 1.807) is 0 Å². The first-order valence-corrected chi connectivity index (χ1v) is 7.85. The number of tetrazole rings is 1. The molecule has 3 rings (SSSR count). The van der Waals surface area contributed by atoms with Crippen molar-refractivity contribution in [2.24, 2.45) is 0 Å². The van der Waals surface area contributed by atoms with Crippen molar-refractivity contribution in [2.45, 2.75) is 31.3 Å². The molecule has 0 saturated carbocycles.